The number of carbonyl (C=O) groups excluding carboxylic acids is 2. The standard InChI is InChI=1S/C54H94O7S.K/c1-3-5-7-9-11-13-15-17-19-21-23-25-27-29-31-33-35-37-39-41-43-47-60-53(55)51-46-45-50(62(57,58)59)49-52(51)54(56)61-48-44-42-40-38-36-34-32-30-28-26-24-22-20-18-16-14-12-10-8-6-4-2;/h21-24,45-46,49H,3-20,25-44,47-48H2,1-2H3,(H,57,58,59);/q;+1/p-1/b23-21+,24-22+;. The summed E-state index contributed by atoms with van der Waals surface area (Å²) < 4.78 is 46.0. The Morgan fingerprint density at radius 2 is 0.698 bits per heavy atom. The summed E-state index contributed by atoms with van der Waals surface area (Å²) in [6.07, 6.45) is 56.5. The van der Waals surface area contributed by atoms with E-state index in [1.54, 1.807) is 0 Å². The van der Waals surface area contributed by atoms with Crippen LogP contribution in [0.2, 0.25) is 0 Å². The van der Waals surface area contributed by atoms with Crippen LogP contribution in [0.3, 0.4) is 0 Å². The normalized spacial score (nSPS) is 11.7. The molecule has 0 bridgehead atoms. The molecule has 0 radical (unpaired) electrons. The maximum atomic E-state index is 13.0. The second kappa shape index (κ2) is 46.3. The third-order valence-corrected chi connectivity index (χ3v) is 12.8. The third kappa shape index (κ3) is 38.9. The molecule has 7 nitrogen and oxygen atoms in total. The molecule has 0 aromatic heterocycles. The summed E-state index contributed by atoms with van der Waals surface area (Å²) in [4.78, 5) is 25.4. The zero-order chi connectivity index (χ0) is 45.0. The summed E-state index contributed by atoms with van der Waals surface area (Å²) >= 11 is 0. The topological polar surface area (TPSA) is 110 Å². The average Bonchev–Trinajstić information content (AvgIpc) is 3.26. The van der Waals surface area contributed by atoms with Crippen molar-refractivity contribution in [1.29, 1.82) is 0 Å². The molecule has 0 saturated carbocycles. The van der Waals surface area contributed by atoms with Crippen LogP contribution in [0.4, 0.5) is 0 Å². The maximum Gasteiger partial charge on any atom is 1.00 e. The first-order chi connectivity index (χ1) is 30.3. The fraction of sp³-hybridized carbons (Fsp3) is 0.778. The second-order valence-corrected chi connectivity index (χ2v) is 19.2. The van der Waals surface area contributed by atoms with E-state index in [2.05, 4.69) is 38.2 Å². The van der Waals surface area contributed by atoms with Crippen molar-refractivity contribution < 1.29 is 83.4 Å². The van der Waals surface area contributed by atoms with Crippen LogP contribution >= 0.6 is 0 Å². The fourth-order valence-corrected chi connectivity index (χ4v) is 8.47. The Bertz CT molecular complexity index is 1380. The van der Waals surface area contributed by atoms with Gasteiger partial charge in [-0.15, -0.1) is 0 Å². The molecule has 1 aromatic carbocycles. The minimum Gasteiger partial charge on any atom is -0.744 e. The molecule has 0 fully saturated rings. The van der Waals surface area contributed by atoms with Gasteiger partial charge >= 0.3 is 63.3 Å². The number of ether oxygens (including phenoxy) is 2. The van der Waals surface area contributed by atoms with E-state index >= 15 is 0 Å². The molecule has 1 rings (SSSR count). The quantitative estimate of drug-likeness (QED) is 0.0211. The van der Waals surface area contributed by atoms with Crippen LogP contribution in [0, 0.1) is 0 Å². The fourth-order valence-electron chi connectivity index (χ4n) is 7.98. The second-order valence-electron chi connectivity index (χ2n) is 17.8. The molecule has 9 heteroatoms. The van der Waals surface area contributed by atoms with Crippen LogP contribution in [0.25, 0.3) is 0 Å². The van der Waals surface area contributed by atoms with Gasteiger partial charge in [0.05, 0.1) is 29.2 Å². The van der Waals surface area contributed by atoms with Crippen LogP contribution in [0.5, 0.6) is 0 Å². The Kier molecular flexibility index (Phi) is 45.7. The predicted molar refractivity (Wildman–Crippen MR) is 260 cm³/mol. The zero-order valence-corrected chi connectivity index (χ0v) is 45.0. The number of rotatable bonds is 45. The summed E-state index contributed by atoms with van der Waals surface area (Å²) in [5.41, 5.74) is -0.336. The number of hydrogen-bond donors (Lipinski definition) is 0. The van der Waals surface area contributed by atoms with E-state index in [4.69, 9.17) is 9.47 Å². The van der Waals surface area contributed by atoms with E-state index in [-0.39, 0.29) is 75.7 Å². The van der Waals surface area contributed by atoms with Crippen molar-refractivity contribution in [3.05, 3.63) is 53.6 Å². The van der Waals surface area contributed by atoms with Crippen molar-refractivity contribution in [1.82, 2.24) is 0 Å². The minimum atomic E-state index is -4.82. The first-order valence-corrected chi connectivity index (χ1v) is 27.5. The van der Waals surface area contributed by atoms with Gasteiger partial charge in [-0.2, -0.15) is 0 Å². The first kappa shape index (κ1) is 62.2. The van der Waals surface area contributed by atoms with Gasteiger partial charge in [-0.05, 0) is 82.4 Å². The summed E-state index contributed by atoms with van der Waals surface area (Å²) in [5, 5.41) is 0. The number of allylic oxidation sites excluding steroid dienone is 4. The Morgan fingerprint density at radius 3 is 1.00 bits per heavy atom. The van der Waals surface area contributed by atoms with Gasteiger partial charge in [-0.1, -0.05) is 218 Å². The van der Waals surface area contributed by atoms with Gasteiger partial charge in [0.15, 0.2) is 0 Å². The van der Waals surface area contributed by atoms with Gasteiger partial charge in [-0.3, -0.25) is 0 Å². The Balaban J connectivity index is 0.0000384. The Morgan fingerprint density at radius 1 is 0.429 bits per heavy atom. The van der Waals surface area contributed by atoms with Crippen molar-refractivity contribution >= 4 is 22.1 Å². The van der Waals surface area contributed by atoms with E-state index in [1.807, 2.05) is 0 Å². The number of unbranched alkanes of at least 4 members (excludes halogenated alkanes) is 34. The van der Waals surface area contributed by atoms with Gasteiger partial charge in [0.1, 0.15) is 10.1 Å². The smallest absolute Gasteiger partial charge is 0.744 e. The zero-order valence-electron chi connectivity index (χ0n) is 41.1. The molecule has 63 heavy (non-hydrogen) atoms. The van der Waals surface area contributed by atoms with Gasteiger partial charge in [0, 0.05) is 0 Å². The number of carbonyl (C=O) groups is 2. The largest absolute Gasteiger partial charge is 1.00 e. The van der Waals surface area contributed by atoms with Crippen LogP contribution < -0.4 is 51.4 Å². The first-order valence-electron chi connectivity index (χ1n) is 26.0. The maximum absolute atomic E-state index is 13.0. The summed E-state index contributed by atoms with van der Waals surface area (Å²) in [6, 6.07) is 3.15. The molecular weight excluding hydrogens is 832 g/mol. The van der Waals surface area contributed by atoms with Crippen molar-refractivity contribution in [2.75, 3.05) is 13.2 Å². The third-order valence-electron chi connectivity index (χ3n) is 12.0. The van der Waals surface area contributed by atoms with E-state index in [9.17, 15) is 22.6 Å². The molecule has 0 saturated heterocycles. The van der Waals surface area contributed by atoms with Crippen molar-refractivity contribution in [2.45, 2.75) is 263 Å². The Hall–Kier alpha value is -0.814. The van der Waals surface area contributed by atoms with Gasteiger partial charge in [0.2, 0.25) is 0 Å². The van der Waals surface area contributed by atoms with E-state index in [0.717, 1.165) is 50.7 Å². The van der Waals surface area contributed by atoms with Crippen LogP contribution in [-0.4, -0.2) is 38.1 Å². The molecule has 358 valence electrons. The van der Waals surface area contributed by atoms with E-state index in [0.29, 0.717) is 12.8 Å². The number of hydrogen-bond acceptors (Lipinski definition) is 7. The van der Waals surface area contributed by atoms with Crippen molar-refractivity contribution in [3.8, 4) is 0 Å². The molecule has 0 atom stereocenters. The SMILES string of the molecule is CCCCCCCCCC/C=C/CCCCCCCCCCCOC(=O)c1ccc(S(=O)(=O)[O-])cc1C(=O)OCCCCCCCCCCC/C=C/CCCCCCCCCC.[K+]. The molecule has 0 N–H and O–H groups in total. The molecule has 0 amide bonds. The van der Waals surface area contributed by atoms with E-state index in [1.165, 1.54) is 199 Å². The van der Waals surface area contributed by atoms with E-state index < -0.39 is 27.0 Å². The molecule has 0 heterocycles. The number of esters is 2. The summed E-state index contributed by atoms with van der Waals surface area (Å²) in [5.74, 6) is -1.55. The molecule has 0 unspecified atom stereocenters. The van der Waals surface area contributed by atoms with Crippen LogP contribution in [0.1, 0.15) is 279 Å². The monoisotopic (exact) mass is 925 g/mol. The average molecular weight is 925 g/mol. The summed E-state index contributed by atoms with van der Waals surface area (Å²) in [6.45, 7) is 4.90. The van der Waals surface area contributed by atoms with Crippen molar-refractivity contribution in [2.24, 2.45) is 0 Å². The van der Waals surface area contributed by atoms with Crippen molar-refractivity contribution in [3.63, 3.8) is 0 Å². The molecule has 0 aliphatic carbocycles. The summed E-state index contributed by atoms with van der Waals surface area (Å²) in [7, 11) is -4.82. The molecule has 0 aliphatic heterocycles. The molecule has 0 spiro atoms. The molecular formula is C54H93KO7S. The minimum absolute atomic E-state index is 0. The van der Waals surface area contributed by atoms with Gasteiger partial charge in [0.25, 0.3) is 0 Å². The molecule has 1 aromatic rings. The Labute approximate surface area is 431 Å². The van der Waals surface area contributed by atoms with Crippen LogP contribution in [0.15, 0.2) is 47.4 Å². The van der Waals surface area contributed by atoms with Crippen LogP contribution in [-0.2, 0) is 19.6 Å². The number of benzene rings is 1. The predicted octanol–water partition coefficient (Wildman–Crippen LogP) is 13.9. The van der Waals surface area contributed by atoms with Gasteiger partial charge < -0.3 is 14.0 Å². The molecule has 0 aliphatic rings. The van der Waals surface area contributed by atoms with Gasteiger partial charge in [-0.25, -0.2) is 18.0 Å².